The van der Waals surface area contributed by atoms with Gasteiger partial charge in [0.25, 0.3) is 0 Å². The van der Waals surface area contributed by atoms with E-state index in [1.807, 2.05) is 21.0 Å². The van der Waals surface area contributed by atoms with Crippen molar-refractivity contribution < 1.29 is 4.39 Å². The van der Waals surface area contributed by atoms with Crippen LogP contribution in [0, 0.1) is 5.95 Å². The largest absolute Gasteiger partial charge is 0.367 e. The zero-order valence-corrected chi connectivity index (χ0v) is 9.37. The molecule has 1 atom stereocenters. The molecule has 1 aromatic rings. The van der Waals surface area contributed by atoms with Crippen molar-refractivity contribution in [3.8, 4) is 0 Å². The number of anilines is 1. The summed E-state index contributed by atoms with van der Waals surface area (Å²) in [6, 6.07) is 1.56. The van der Waals surface area contributed by atoms with Gasteiger partial charge in [-0.05, 0) is 34.0 Å². The number of hydrogen-bond acceptors (Lipinski definition) is 4. The summed E-state index contributed by atoms with van der Waals surface area (Å²) in [6.07, 6.45) is 2.20. The molecule has 0 saturated heterocycles. The van der Waals surface area contributed by atoms with Crippen molar-refractivity contribution >= 4 is 5.82 Å². The molecule has 15 heavy (non-hydrogen) atoms. The van der Waals surface area contributed by atoms with Gasteiger partial charge in [-0.2, -0.15) is 4.39 Å². The van der Waals surface area contributed by atoms with E-state index in [0.29, 0.717) is 5.82 Å². The summed E-state index contributed by atoms with van der Waals surface area (Å²) in [5.41, 5.74) is 0. The van der Waals surface area contributed by atoms with Crippen molar-refractivity contribution in [2.75, 3.05) is 26.0 Å². The van der Waals surface area contributed by atoms with Gasteiger partial charge in [-0.1, -0.05) is 0 Å². The van der Waals surface area contributed by atoms with Gasteiger partial charge in [-0.3, -0.25) is 0 Å². The number of nitrogens with one attached hydrogen (secondary N) is 1. The minimum atomic E-state index is -0.507. The maximum Gasteiger partial charge on any atom is 0.217 e. The topological polar surface area (TPSA) is 41.0 Å². The van der Waals surface area contributed by atoms with Crippen LogP contribution >= 0.6 is 0 Å². The first-order chi connectivity index (χ1) is 7.08. The van der Waals surface area contributed by atoms with E-state index in [2.05, 4.69) is 20.2 Å². The highest BCUT2D eigenvalue weighted by molar-refractivity contribution is 5.33. The first kappa shape index (κ1) is 11.8. The van der Waals surface area contributed by atoms with E-state index in [4.69, 9.17) is 0 Å². The number of nitrogens with zero attached hydrogens (tertiary/aromatic N) is 3. The van der Waals surface area contributed by atoms with Gasteiger partial charge in [0.05, 0.1) is 0 Å². The van der Waals surface area contributed by atoms with Gasteiger partial charge in [0, 0.05) is 12.1 Å². The molecule has 0 bridgehead atoms. The Labute approximate surface area is 89.5 Å². The van der Waals surface area contributed by atoms with Crippen LogP contribution in [0.15, 0.2) is 12.4 Å². The van der Waals surface area contributed by atoms with Gasteiger partial charge in [0.15, 0.2) is 0 Å². The van der Waals surface area contributed by atoms with E-state index in [-0.39, 0.29) is 6.04 Å². The van der Waals surface area contributed by atoms with Gasteiger partial charge < -0.3 is 10.2 Å². The molecule has 0 aliphatic carbocycles. The third-order valence-electron chi connectivity index (χ3n) is 2.04. The third-order valence-corrected chi connectivity index (χ3v) is 2.04. The summed E-state index contributed by atoms with van der Waals surface area (Å²) in [6.45, 7) is 3.03. The zero-order valence-electron chi connectivity index (χ0n) is 9.37. The quantitative estimate of drug-likeness (QED) is 0.748. The Bertz CT molecular complexity index is 303. The monoisotopic (exact) mass is 212 g/mol. The van der Waals surface area contributed by atoms with Crippen LogP contribution in [0.3, 0.4) is 0 Å². The number of hydrogen-bond donors (Lipinski definition) is 1. The van der Waals surface area contributed by atoms with E-state index in [1.165, 1.54) is 12.4 Å². The molecule has 1 N–H and O–H groups in total. The molecule has 0 amide bonds. The molecule has 0 spiro atoms. The molecule has 1 rings (SSSR count). The Morgan fingerprint density at radius 3 is 2.80 bits per heavy atom. The fourth-order valence-corrected chi connectivity index (χ4v) is 1.19. The summed E-state index contributed by atoms with van der Waals surface area (Å²) in [5.74, 6) is 0.0288. The third kappa shape index (κ3) is 4.69. The summed E-state index contributed by atoms with van der Waals surface area (Å²) in [4.78, 5) is 9.44. The van der Waals surface area contributed by atoms with Gasteiger partial charge in [-0.25, -0.2) is 9.97 Å². The Morgan fingerprint density at radius 2 is 2.20 bits per heavy atom. The predicted molar refractivity (Wildman–Crippen MR) is 58.2 cm³/mol. The molecule has 84 valence electrons. The lowest BCUT2D eigenvalue weighted by Gasteiger charge is -2.16. The van der Waals surface area contributed by atoms with E-state index in [0.717, 1.165) is 13.0 Å². The Balaban J connectivity index is 2.40. The van der Waals surface area contributed by atoms with E-state index in [1.54, 1.807) is 0 Å². The summed E-state index contributed by atoms with van der Waals surface area (Å²) < 4.78 is 12.7. The molecule has 0 aliphatic rings. The van der Waals surface area contributed by atoms with E-state index < -0.39 is 5.95 Å². The molecular weight excluding hydrogens is 195 g/mol. The number of halogens is 1. The second-order valence-electron chi connectivity index (χ2n) is 3.86. The molecule has 0 fully saturated rings. The van der Waals surface area contributed by atoms with Crippen LogP contribution in [-0.2, 0) is 0 Å². The van der Waals surface area contributed by atoms with Crippen LogP contribution in [0.5, 0.6) is 0 Å². The first-order valence-electron chi connectivity index (χ1n) is 4.96. The molecule has 0 radical (unpaired) electrons. The van der Waals surface area contributed by atoms with Crippen molar-refractivity contribution in [2.45, 2.75) is 19.4 Å². The average molecular weight is 212 g/mol. The van der Waals surface area contributed by atoms with Crippen molar-refractivity contribution in [3.05, 3.63) is 18.3 Å². The molecule has 0 saturated carbocycles. The minimum absolute atomic E-state index is 0.265. The van der Waals surface area contributed by atoms with Gasteiger partial charge in [0.1, 0.15) is 12.1 Å². The number of rotatable bonds is 5. The van der Waals surface area contributed by atoms with Crippen LogP contribution < -0.4 is 5.32 Å². The Kier molecular flexibility index (Phi) is 4.42. The molecule has 5 heteroatoms. The Morgan fingerprint density at radius 1 is 1.47 bits per heavy atom. The summed E-state index contributed by atoms with van der Waals surface area (Å²) in [5, 5.41) is 3.12. The second kappa shape index (κ2) is 5.60. The summed E-state index contributed by atoms with van der Waals surface area (Å²) >= 11 is 0. The van der Waals surface area contributed by atoms with Crippen molar-refractivity contribution in [2.24, 2.45) is 0 Å². The molecule has 0 aromatic carbocycles. The van der Waals surface area contributed by atoms with Crippen LogP contribution in [0.1, 0.15) is 13.3 Å². The lowest BCUT2D eigenvalue weighted by atomic mass is 10.2. The Hall–Kier alpha value is -1.23. The van der Waals surface area contributed by atoms with Gasteiger partial charge in [-0.15, -0.1) is 0 Å². The smallest absolute Gasteiger partial charge is 0.217 e. The van der Waals surface area contributed by atoms with Crippen molar-refractivity contribution in [3.63, 3.8) is 0 Å². The lowest BCUT2D eigenvalue weighted by molar-refractivity contribution is 0.390. The molecule has 1 unspecified atom stereocenters. The molecule has 4 nitrogen and oxygen atoms in total. The van der Waals surface area contributed by atoms with E-state index >= 15 is 0 Å². The maximum atomic E-state index is 12.7. The van der Waals surface area contributed by atoms with Gasteiger partial charge in [0.2, 0.25) is 5.95 Å². The standard InChI is InChI=1S/C10H17FN4/c1-8(4-5-15(2)3)14-10-6-9(11)12-7-13-10/h6-8H,4-5H2,1-3H3,(H,12,13,14). The summed E-state index contributed by atoms with van der Waals surface area (Å²) in [7, 11) is 4.05. The molecule has 0 aliphatic heterocycles. The second-order valence-corrected chi connectivity index (χ2v) is 3.86. The minimum Gasteiger partial charge on any atom is -0.367 e. The molecule has 1 heterocycles. The van der Waals surface area contributed by atoms with Crippen LogP contribution in [-0.4, -0.2) is 41.5 Å². The van der Waals surface area contributed by atoms with Crippen LogP contribution in [0.2, 0.25) is 0 Å². The van der Waals surface area contributed by atoms with Crippen LogP contribution in [0.4, 0.5) is 10.2 Å². The fraction of sp³-hybridized carbons (Fsp3) is 0.600. The number of aromatic nitrogens is 2. The highest BCUT2D eigenvalue weighted by Gasteiger charge is 2.04. The average Bonchev–Trinajstić information content (AvgIpc) is 2.15. The zero-order chi connectivity index (χ0) is 11.3. The molecular formula is C10H17FN4. The highest BCUT2D eigenvalue weighted by atomic mass is 19.1. The van der Waals surface area contributed by atoms with Crippen LogP contribution in [0.25, 0.3) is 0 Å². The van der Waals surface area contributed by atoms with Crippen molar-refractivity contribution in [1.82, 2.24) is 14.9 Å². The van der Waals surface area contributed by atoms with E-state index in [9.17, 15) is 4.39 Å². The predicted octanol–water partition coefficient (Wildman–Crippen LogP) is 1.37. The lowest BCUT2D eigenvalue weighted by Crippen LogP contribution is -2.23. The van der Waals surface area contributed by atoms with Crippen molar-refractivity contribution in [1.29, 1.82) is 0 Å². The maximum absolute atomic E-state index is 12.7. The highest BCUT2D eigenvalue weighted by Crippen LogP contribution is 2.06. The SMILES string of the molecule is CC(CCN(C)C)Nc1cc(F)ncn1. The first-order valence-corrected chi connectivity index (χ1v) is 4.96. The fourth-order valence-electron chi connectivity index (χ4n) is 1.19. The molecule has 1 aromatic heterocycles. The normalized spacial score (nSPS) is 12.9. The van der Waals surface area contributed by atoms with Gasteiger partial charge >= 0.3 is 0 Å².